The van der Waals surface area contributed by atoms with Gasteiger partial charge in [-0.05, 0) is 37.3 Å². The van der Waals surface area contributed by atoms with E-state index in [1.807, 2.05) is 4.90 Å². The van der Waals surface area contributed by atoms with Crippen molar-refractivity contribution in [3.63, 3.8) is 0 Å². The van der Waals surface area contributed by atoms with E-state index in [0.717, 1.165) is 26.1 Å². The van der Waals surface area contributed by atoms with E-state index in [2.05, 4.69) is 30.6 Å². The molecule has 3 nitrogen and oxygen atoms in total. The van der Waals surface area contributed by atoms with E-state index in [0.29, 0.717) is 18.4 Å². The van der Waals surface area contributed by atoms with Crippen molar-refractivity contribution < 1.29 is 4.79 Å². The number of rotatable bonds is 3. The van der Waals surface area contributed by atoms with Crippen LogP contribution in [0.1, 0.15) is 23.8 Å². The predicted octanol–water partition coefficient (Wildman–Crippen LogP) is 1.81. The summed E-state index contributed by atoms with van der Waals surface area (Å²) >= 11 is 1.76. The maximum absolute atomic E-state index is 12.1. The smallest absolute Gasteiger partial charge is 0.223 e. The molecular weight excluding hydrogens is 232 g/mol. The van der Waals surface area contributed by atoms with E-state index in [4.69, 9.17) is 0 Å². The first-order valence-electron chi connectivity index (χ1n) is 6.21. The van der Waals surface area contributed by atoms with Crippen LogP contribution in [0.2, 0.25) is 0 Å². The molecular formula is C13H20N2OS. The van der Waals surface area contributed by atoms with Crippen molar-refractivity contribution >= 4 is 17.2 Å². The number of nitrogens with zero attached hydrogens (tertiary/aromatic N) is 1. The van der Waals surface area contributed by atoms with Crippen molar-refractivity contribution in [3.8, 4) is 0 Å². The van der Waals surface area contributed by atoms with Crippen molar-refractivity contribution in [1.29, 1.82) is 0 Å². The van der Waals surface area contributed by atoms with Crippen molar-refractivity contribution in [2.24, 2.45) is 0 Å². The lowest BCUT2D eigenvalue weighted by Gasteiger charge is -2.32. The Kier molecular flexibility index (Phi) is 4.18. The van der Waals surface area contributed by atoms with E-state index in [1.54, 1.807) is 11.3 Å². The molecule has 0 aliphatic carbocycles. The zero-order chi connectivity index (χ0) is 12.3. The van der Waals surface area contributed by atoms with Crippen molar-refractivity contribution in [1.82, 2.24) is 10.2 Å². The van der Waals surface area contributed by atoms with Gasteiger partial charge in [0, 0.05) is 37.0 Å². The van der Waals surface area contributed by atoms with E-state index in [9.17, 15) is 4.79 Å². The largest absolute Gasteiger partial charge is 0.340 e. The van der Waals surface area contributed by atoms with E-state index < -0.39 is 0 Å². The topological polar surface area (TPSA) is 32.3 Å². The Morgan fingerprint density at radius 3 is 3.12 bits per heavy atom. The van der Waals surface area contributed by atoms with Gasteiger partial charge in [0.15, 0.2) is 0 Å². The summed E-state index contributed by atoms with van der Waals surface area (Å²) in [6.45, 7) is 6.87. The van der Waals surface area contributed by atoms with Gasteiger partial charge in [-0.1, -0.05) is 0 Å². The Labute approximate surface area is 107 Å². The first-order valence-corrected chi connectivity index (χ1v) is 7.09. The first-order chi connectivity index (χ1) is 8.16. The molecule has 1 aliphatic heterocycles. The number of hydrogen-bond acceptors (Lipinski definition) is 3. The van der Waals surface area contributed by atoms with Crippen LogP contribution >= 0.6 is 11.3 Å². The molecule has 2 heterocycles. The normalized spacial score (nSPS) is 20.6. The summed E-state index contributed by atoms with van der Waals surface area (Å²) in [7, 11) is 0. The summed E-state index contributed by atoms with van der Waals surface area (Å²) in [5, 5.41) is 5.45. The summed E-state index contributed by atoms with van der Waals surface area (Å²) in [5.74, 6) is 0.297. The SMILES string of the molecule is Cc1ccsc1CCC(=O)N1CCNC(C)C1. The molecule has 0 aromatic carbocycles. The molecule has 0 spiro atoms. The maximum atomic E-state index is 12.1. The summed E-state index contributed by atoms with van der Waals surface area (Å²) in [6, 6.07) is 2.55. The van der Waals surface area contributed by atoms with Gasteiger partial charge in [-0.2, -0.15) is 0 Å². The summed E-state index contributed by atoms with van der Waals surface area (Å²) in [4.78, 5) is 15.4. The molecule has 94 valence electrons. The lowest BCUT2D eigenvalue weighted by Crippen LogP contribution is -2.51. The van der Waals surface area contributed by atoms with Gasteiger partial charge in [-0.25, -0.2) is 0 Å². The number of thiophene rings is 1. The third-order valence-electron chi connectivity index (χ3n) is 3.26. The minimum atomic E-state index is 0.297. The minimum Gasteiger partial charge on any atom is -0.340 e. The van der Waals surface area contributed by atoms with Gasteiger partial charge >= 0.3 is 0 Å². The Morgan fingerprint density at radius 1 is 1.65 bits per heavy atom. The van der Waals surface area contributed by atoms with Gasteiger partial charge in [0.2, 0.25) is 5.91 Å². The zero-order valence-corrected chi connectivity index (χ0v) is 11.3. The molecule has 1 unspecified atom stereocenters. The standard InChI is InChI=1S/C13H20N2OS/c1-10-5-8-17-12(10)3-4-13(16)15-7-6-14-11(2)9-15/h5,8,11,14H,3-4,6-7,9H2,1-2H3. The quantitative estimate of drug-likeness (QED) is 0.890. The molecule has 1 saturated heterocycles. The molecule has 1 aromatic heterocycles. The van der Waals surface area contributed by atoms with Crippen LogP contribution in [0.25, 0.3) is 0 Å². The number of hydrogen-bond donors (Lipinski definition) is 1. The third kappa shape index (κ3) is 3.30. The Bertz CT molecular complexity index is 389. The van der Waals surface area contributed by atoms with Gasteiger partial charge in [0.25, 0.3) is 0 Å². The molecule has 0 saturated carbocycles. The average molecular weight is 252 g/mol. The van der Waals surface area contributed by atoms with Gasteiger partial charge in [0.05, 0.1) is 0 Å². The van der Waals surface area contributed by atoms with Crippen molar-refractivity contribution in [2.45, 2.75) is 32.7 Å². The summed E-state index contributed by atoms with van der Waals surface area (Å²) < 4.78 is 0. The lowest BCUT2D eigenvalue weighted by molar-refractivity contribution is -0.132. The van der Waals surface area contributed by atoms with Gasteiger partial charge in [0.1, 0.15) is 0 Å². The van der Waals surface area contributed by atoms with Gasteiger partial charge < -0.3 is 10.2 Å². The van der Waals surface area contributed by atoms with Crippen molar-refractivity contribution in [2.75, 3.05) is 19.6 Å². The number of piperazine rings is 1. The molecule has 2 rings (SSSR count). The van der Waals surface area contributed by atoms with Gasteiger partial charge in [-0.3, -0.25) is 4.79 Å². The van der Waals surface area contributed by atoms with Crippen LogP contribution in [-0.4, -0.2) is 36.5 Å². The monoisotopic (exact) mass is 252 g/mol. The molecule has 1 fully saturated rings. The molecule has 0 bridgehead atoms. The molecule has 1 N–H and O–H groups in total. The first kappa shape index (κ1) is 12.6. The van der Waals surface area contributed by atoms with Crippen molar-refractivity contribution in [3.05, 3.63) is 21.9 Å². The number of carbonyl (C=O) groups is 1. The predicted molar refractivity (Wildman–Crippen MR) is 71.4 cm³/mol. The Hall–Kier alpha value is -0.870. The molecule has 0 radical (unpaired) electrons. The highest BCUT2D eigenvalue weighted by Crippen LogP contribution is 2.18. The molecule has 4 heteroatoms. The molecule has 1 aromatic rings. The van der Waals surface area contributed by atoms with Crippen LogP contribution in [0.15, 0.2) is 11.4 Å². The number of aryl methyl sites for hydroxylation is 2. The fraction of sp³-hybridized carbons (Fsp3) is 0.615. The van der Waals surface area contributed by atoms with Crippen LogP contribution in [0.3, 0.4) is 0 Å². The molecule has 17 heavy (non-hydrogen) atoms. The maximum Gasteiger partial charge on any atom is 0.223 e. The van der Waals surface area contributed by atoms with E-state index in [-0.39, 0.29) is 0 Å². The second-order valence-corrected chi connectivity index (χ2v) is 5.72. The van der Waals surface area contributed by atoms with Gasteiger partial charge in [-0.15, -0.1) is 11.3 Å². The number of carbonyl (C=O) groups excluding carboxylic acids is 1. The third-order valence-corrected chi connectivity index (χ3v) is 4.34. The summed E-state index contributed by atoms with van der Waals surface area (Å²) in [6.07, 6.45) is 1.54. The Morgan fingerprint density at radius 2 is 2.47 bits per heavy atom. The zero-order valence-electron chi connectivity index (χ0n) is 10.5. The molecule has 1 atom stereocenters. The highest BCUT2D eigenvalue weighted by atomic mass is 32.1. The molecule has 1 amide bonds. The highest BCUT2D eigenvalue weighted by Gasteiger charge is 2.20. The van der Waals surface area contributed by atoms with Crippen LogP contribution in [-0.2, 0) is 11.2 Å². The molecule has 1 aliphatic rings. The second kappa shape index (κ2) is 5.65. The lowest BCUT2D eigenvalue weighted by atomic mass is 10.1. The fourth-order valence-corrected chi connectivity index (χ4v) is 3.11. The van der Waals surface area contributed by atoms with E-state index >= 15 is 0 Å². The second-order valence-electron chi connectivity index (χ2n) is 4.72. The summed E-state index contributed by atoms with van der Waals surface area (Å²) in [5.41, 5.74) is 1.32. The average Bonchev–Trinajstić information content (AvgIpc) is 2.72. The Balaban J connectivity index is 1.83. The number of nitrogens with one attached hydrogen (secondary N) is 1. The van der Waals surface area contributed by atoms with Crippen LogP contribution < -0.4 is 5.32 Å². The fourth-order valence-electron chi connectivity index (χ4n) is 2.20. The van der Waals surface area contributed by atoms with E-state index in [1.165, 1.54) is 10.4 Å². The van der Waals surface area contributed by atoms with Crippen LogP contribution in [0.4, 0.5) is 0 Å². The van der Waals surface area contributed by atoms with Crippen LogP contribution in [0, 0.1) is 6.92 Å². The van der Waals surface area contributed by atoms with Crippen LogP contribution in [0.5, 0.6) is 0 Å². The highest BCUT2D eigenvalue weighted by molar-refractivity contribution is 7.10. The number of amides is 1. The minimum absolute atomic E-state index is 0.297.